The highest BCUT2D eigenvalue weighted by molar-refractivity contribution is 7.09. The Morgan fingerprint density at radius 1 is 1.47 bits per heavy atom. The highest BCUT2D eigenvalue weighted by Crippen LogP contribution is 2.18. The fourth-order valence-corrected chi connectivity index (χ4v) is 2.02. The van der Waals surface area contributed by atoms with E-state index in [1.165, 1.54) is 5.01 Å². The van der Waals surface area contributed by atoms with Crippen molar-refractivity contribution in [3.63, 3.8) is 0 Å². The van der Waals surface area contributed by atoms with Crippen molar-refractivity contribution in [2.24, 2.45) is 5.92 Å². The number of aliphatic hydroxyl groups excluding tert-OH is 1. The average Bonchev–Trinajstić information content (AvgIpc) is 2.66. The molecule has 0 aliphatic heterocycles. The Hall–Kier alpha value is -0.450. The van der Waals surface area contributed by atoms with E-state index in [1.54, 1.807) is 11.3 Å². The Morgan fingerprint density at radius 3 is 2.73 bits per heavy atom. The van der Waals surface area contributed by atoms with Gasteiger partial charge in [0.1, 0.15) is 0 Å². The topological polar surface area (TPSA) is 45.1 Å². The van der Waals surface area contributed by atoms with Gasteiger partial charge in [0.15, 0.2) is 0 Å². The predicted octanol–water partition coefficient (Wildman–Crippen LogP) is 1.98. The SMILES string of the molecule is CC(CO)CNCc1csc(C(C)C)n1. The van der Waals surface area contributed by atoms with Gasteiger partial charge in [-0.25, -0.2) is 4.98 Å². The summed E-state index contributed by atoms with van der Waals surface area (Å²) in [6.07, 6.45) is 0. The molecule has 4 heteroatoms. The molecule has 15 heavy (non-hydrogen) atoms. The van der Waals surface area contributed by atoms with Gasteiger partial charge in [0.05, 0.1) is 10.7 Å². The van der Waals surface area contributed by atoms with Crippen molar-refractivity contribution in [3.05, 3.63) is 16.1 Å². The fourth-order valence-electron chi connectivity index (χ4n) is 1.18. The lowest BCUT2D eigenvalue weighted by molar-refractivity contribution is 0.233. The van der Waals surface area contributed by atoms with Crippen LogP contribution in [0.5, 0.6) is 0 Å². The van der Waals surface area contributed by atoms with Gasteiger partial charge < -0.3 is 10.4 Å². The summed E-state index contributed by atoms with van der Waals surface area (Å²) in [5.41, 5.74) is 1.11. The quantitative estimate of drug-likeness (QED) is 0.782. The maximum Gasteiger partial charge on any atom is 0.0954 e. The monoisotopic (exact) mass is 228 g/mol. The van der Waals surface area contributed by atoms with Crippen molar-refractivity contribution in [1.82, 2.24) is 10.3 Å². The Balaban J connectivity index is 2.31. The first-order valence-corrected chi connectivity index (χ1v) is 6.27. The molecule has 0 saturated heterocycles. The molecule has 3 nitrogen and oxygen atoms in total. The number of aromatic nitrogens is 1. The van der Waals surface area contributed by atoms with E-state index in [4.69, 9.17) is 5.11 Å². The van der Waals surface area contributed by atoms with Crippen LogP contribution in [0.4, 0.5) is 0 Å². The number of nitrogens with one attached hydrogen (secondary N) is 1. The Labute approximate surface area is 95.6 Å². The van der Waals surface area contributed by atoms with E-state index >= 15 is 0 Å². The van der Waals surface area contributed by atoms with Crippen LogP contribution in [0.3, 0.4) is 0 Å². The van der Waals surface area contributed by atoms with E-state index in [0.29, 0.717) is 11.8 Å². The summed E-state index contributed by atoms with van der Waals surface area (Å²) in [7, 11) is 0. The molecular formula is C11H20N2OS. The second-order valence-corrected chi connectivity index (χ2v) is 5.14. The van der Waals surface area contributed by atoms with Gasteiger partial charge >= 0.3 is 0 Å². The van der Waals surface area contributed by atoms with Crippen LogP contribution < -0.4 is 5.32 Å². The third kappa shape index (κ3) is 4.28. The lowest BCUT2D eigenvalue weighted by Gasteiger charge is -2.07. The normalized spacial score (nSPS) is 13.4. The molecule has 1 rings (SSSR count). The third-order valence-corrected chi connectivity index (χ3v) is 3.37. The maximum atomic E-state index is 8.86. The van der Waals surface area contributed by atoms with Gasteiger partial charge in [-0.2, -0.15) is 0 Å². The zero-order chi connectivity index (χ0) is 11.3. The van der Waals surface area contributed by atoms with Crippen molar-refractivity contribution >= 4 is 11.3 Å². The summed E-state index contributed by atoms with van der Waals surface area (Å²) >= 11 is 1.72. The van der Waals surface area contributed by atoms with Crippen molar-refractivity contribution < 1.29 is 5.11 Å². The molecule has 0 radical (unpaired) electrons. The number of hydrogen-bond donors (Lipinski definition) is 2. The summed E-state index contributed by atoms with van der Waals surface area (Å²) in [6.45, 7) is 8.21. The number of rotatable bonds is 6. The lowest BCUT2D eigenvalue weighted by atomic mass is 10.2. The standard InChI is InChI=1S/C11H20N2OS/c1-8(2)11-13-10(7-15-11)5-12-4-9(3)6-14/h7-9,12,14H,4-6H2,1-3H3. The van der Waals surface area contributed by atoms with Crippen LogP contribution in [0.2, 0.25) is 0 Å². The molecule has 86 valence electrons. The van der Waals surface area contributed by atoms with Crippen LogP contribution in [0.1, 0.15) is 37.4 Å². The molecule has 2 N–H and O–H groups in total. The molecule has 0 amide bonds. The van der Waals surface area contributed by atoms with Gasteiger partial charge in [-0.15, -0.1) is 11.3 Å². The van der Waals surface area contributed by atoms with Crippen LogP contribution in [0.15, 0.2) is 5.38 Å². The molecule has 0 bridgehead atoms. The van der Waals surface area contributed by atoms with Gasteiger partial charge in [-0.1, -0.05) is 20.8 Å². The van der Waals surface area contributed by atoms with Crippen molar-refractivity contribution in [1.29, 1.82) is 0 Å². The van der Waals surface area contributed by atoms with Gasteiger partial charge in [-0.3, -0.25) is 0 Å². The van der Waals surface area contributed by atoms with E-state index in [0.717, 1.165) is 18.8 Å². The van der Waals surface area contributed by atoms with Crippen LogP contribution in [0.25, 0.3) is 0 Å². The summed E-state index contributed by atoms with van der Waals surface area (Å²) < 4.78 is 0. The minimum Gasteiger partial charge on any atom is -0.396 e. The third-order valence-electron chi connectivity index (χ3n) is 2.17. The van der Waals surface area contributed by atoms with Gasteiger partial charge in [-0.05, 0) is 5.92 Å². The fraction of sp³-hybridized carbons (Fsp3) is 0.727. The molecule has 0 aliphatic carbocycles. The number of aliphatic hydroxyl groups is 1. The summed E-state index contributed by atoms with van der Waals surface area (Å²) in [5.74, 6) is 0.827. The summed E-state index contributed by atoms with van der Waals surface area (Å²) in [6, 6.07) is 0. The molecule has 1 unspecified atom stereocenters. The molecule has 0 fully saturated rings. The van der Waals surface area contributed by atoms with Crippen LogP contribution >= 0.6 is 11.3 Å². The van der Waals surface area contributed by atoms with Gasteiger partial charge in [0, 0.05) is 31.0 Å². The second-order valence-electron chi connectivity index (χ2n) is 4.25. The molecular weight excluding hydrogens is 208 g/mol. The second kappa shape index (κ2) is 6.20. The van der Waals surface area contributed by atoms with Crippen molar-refractivity contribution in [2.75, 3.05) is 13.2 Å². The molecule has 1 aromatic rings. The molecule has 1 aromatic heterocycles. The lowest BCUT2D eigenvalue weighted by Crippen LogP contribution is -2.22. The first-order valence-electron chi connectivity index (χ1n) is 5.39. The summed E-state index contributed by atoms with van der Waals surface area (Å²) in [5, 5.41) is 15.4. The first kappa shape index (κ1) is 12.6. The highest BCUT2D eigenvalue weighted by Gasteiger charge is 2.05. The Bertz CT molecular complexity index is 286. The predicted molar refractivity (Wildman–Crippen MR) is 64.2 cm³/mol. The van der Waals surface area contributed by atoms with Crippen molar-refractivity contribution in [2.45, 2.75) is 33.2 Å². The van der Waals surface area contributed by atoms with Crippen LogP contribution in [-0.4, -0.2) is 23.2 Å². The molecule has 0 aromatic carbocycles. The molecule has 0 spiro atoms. The minimum atomic E-state index is 0.237. The average molecular weight is 228 g/mol. The van der Waals surface area contributed by atoms with Crippen molar-refractivity contribution in [3.8, 4) is 0 Å². The van der Waals surface area contributed by atoms with Gasteiger partial charge in [0.2, 0.25) is 0 Å². The number of thiazole rings is 1. The minimum absolute atomic E-state index is 0.237. The van der Waals surface area contributed by atoms with Crippen LogP contribution in [-0.2, 0) is 6.54 Å². The smallest absolute Gasteiger partial charge is 0.0954 e. The van der Waals surface area contributed by atoms with E-state index < -0.39 is 0 Å². The Kier molecular flexibility index (Phi) is 5.22. The van der Waals surface area contributed by atoms with E-state index in [9.17, 15) is 0 Å². The number of hydrogen-bond acceptors (Lipinski definition) is 4. The molecule has 0 saturated carbocycles. The summed E-state index contributed by atoms with van der Waals surface area (Å²) in [4.78, 5) is 4.53. The van der Waals surface area contributed by atoms with Crippen LogP contribution in [0, 0.1) is 5.92 Å². The van der Waals surface area contributed by atoms with E-state index in [-0.39, 0.29) is 6.61 Å². The van der Waals surface area contributed by atoms with E-state index in [2.05, 4.69) is 29.5 Å². The molecule has 1 heterocycles. The Morgan fingerprint density at radius 2 is 2.20 bits per heavy atom. The zero-order valence-corrected chi connectivity index (χ0v) is 10.5. The maximum absolute atomic E-state index is 8.86. The number of nitrogens with zero attached hydrogens (tertiary/aromatic N) is 1. The first-order chi connectivity index (χ1) is 7.13. The zero-order valence-electron chi connectivity index (χ0n) is 9.66. The van der Waals surface area contributed by atoms with Gasteiger partial charge in [0.25, 0.3) is 0 Å². The van der Waals surface area contributed by atoms with E-state index in [1.807, 2.05) is 6.92 Å². The molecule has 1 atom stereocenters. The molecule has 0 aliphatic rings. The highest BCUT2D eigenvalue weighted by atomic mass is 32.1. The largest absolute Gasteiger partial charge is 0.396 e.